The van der Waals surface area contributed by atoms with Gasteiger partial charge in [0.25, 0.3) is 0 Å². The number of aromatic nitrogens is 4. The maximum absolute atomic E-state index is 11.5. The van der Waals surface area contributed by atoms with Gasteiger partial charge in [-0.1, -0.05) is 11.8 Å². The Labute approximate surface area is 110 Å². The Bertz CT molecular complexity index is 405. The van der Waals surface area contributed by atoms with E-state index in [1.54, 1.807) is 11.7 Å². The number of thioether (sulfide) groups is 1. The van der Waals surface area contributed by atoms with Crippen molar-refractivity contribution in [1.82, 2.24) is 25.5 Å². The van der Waals surface area contributed by atoms with Crippen LogP contribution in [0.5, 0.6) is 0 Å². The predicted octanol–water partition coefficient (Wildman–Crippen LogP) is 0.0787. The first kappa shape index (κ1) is 13.3. The number of amides is 1. The molecule has 1 amide bonds. The zero-order valence-corrected chi connectivity index (χ0v) is 11.3. The SMILES string of the molecule is CNC(=O)[C@H](C)Sc1nnnn1C[C@H]1CCCO1. The van der Waals surface area contributed by atoms with Crippen molar-refractivity contribution in [1.29, 1.82) is 0 Å². The second kappa shape index (κ2) is 6.14. The Morgan fingerprint density at radius 1 is 1.72 bits per heavy atom. The predicted molar refractivity (Wildman–Crippen MR) is 66.2 cm³/mol. The Balaban J connectivity index is 1.96. The lowest BCUT2D eigenvalue weighted by molar-refractivity contribution is -0.119. The molecule has 0 spiro atoms. The van der Waals surface area contributed by atoms with Gasteiger partial charge in [0.1, 0.15) is 0 Å². The highest BCUT2D eigenvalue weighted by atomic mass is 32.2. The monoisotopic (exact) mass is 271 g/mol. The zero-order chi connectivity index (χ0) is 13.0. The number of ether oxygens (including phenoxy) is 1. The van der Waals surface area contributed by atoms with Crippen molar-refractivity contribution in [2.45, 2.75) is 42.8 Å². The number of hydrogen-bond acceptors (Lipinski definition) is 6. The van der Waals surface area contributed by atoms with E-state index in [-0.39, 0.29) is 17.3 Å². The van der Waals surface area contributed by atoms with Crippen molar-refractivity contribution in [2.75, 3.05) is 13.7 Å². The average Bonchev–Trinajstić information content (AvgIpc) is 3.01. The molecule has 0 radical (unpaired) electrons. The smallest absolute Gasteiger partial charge is 0.233 e. The molecule has 8 heteroatoms. The van der Waals surface area contributed by atoms with Crippen LogP contribution in [0.25, 0.3) is 0 Å². The third kappa shape index (κ3) is 3.20. The molecule has 1 saturated heterocycles. The highest BCUT2D eigenvalue weighted by Gasteiger charge is 2.21. The molecule has 0 unspecified atom stereocenters. The van der Waals surface area contributed by atoms with Crippen LogP contribution in [0.2, 0.25) is 0 Å². The lowest BCUT2D eigenvalue weighted by Gasteiger charge is -2.12. The van der Waals surface area contributed by atoms with Gasteiger partial charge in [0.2, 0.25) is 11.1 Å². The lowest BCUT2D eigenvalue weighted by Crippen LogP contribution is -2.27. The largest absolute Gasteiger partial charge is 0.376 e. The number of rotatable bonds is 5. The molecule has 2 rings (SSSR count). The van der Waals surface area contributed by atoms with Crippen LogP contribution in [0.1, 0.15) is 19.8 Å². The molecule has 0 aliphatic carbocycles. The van der Waals surface area contributed by atoms with Gasteiger partial charge in [-0.2, -0.15) is 0 Å². The summed E-state index contributed by atoms with van der Waals surface area (Å²) in [6, 6.07) is 0. The second-order valence-electron chi connectivity index (χ2n) is 4.15. The third-order valence-electron chi connectivity index (χ3n) is 2.80. The van der Waals surface area contributed by atoms with Crippen LogP contribution >= 0.6 is 11.8 Å². The van der Waals surface area contributed by atoms with Crippen LogP contribution < -0.4 is 5.32 Å². The van der Waals surface area contributed by atoms with Crippen molar-refractivity contribution in [3.63, 3.8) is 0 Å². The van der Waals surface area contributed by atoms with Gasteiger partial charge in [0.05, 0.1) is 17.9 Å². The Morgan fingerprint density at radius 2 is 2.56 bits per heavy atom. The summed E-state index contributed by atoms with van der Waals surface area (Å²) in [6.45, 7) is 3.29. The lowest BCUT2D eigenvalue weighted by atomic mass is 10.2. The maximum Gasteiger partial charge on any atom is 0.233 e. The van der Waals surface area contributed by atoms with Gasteiger partial charge in [0, 0.05) is 13.7 Å². The highest BCUT2D eigenvalue weighted by molar-refractivity contribution is 8.00. The molecular formula is C10H17N5O2S. The van der Waals surface area contributed by atoms with E-state index in [1.807, 2.05) is 6.92 Å². The molecule has 1 N–H and O–H groups in total. The molecule has 7 nitrogen and oxygen atoms in total. The molecule has 100 valence electrons. The topological polar surface area (TPSA) is 81.9 Å². The number of nitrogens with zero attached hydrogens (tertiary/aromatic N) is 4. The average molecular weight is 271 g/mol. The number of carbonyl (C=O) groups excluding carboxylic acids is 1. The number of carbonyl (C=O) groups is 1. The molecule has 0 aromatic carbocycles. The van der Waals surface area contributed by atoms with Crippen LogP contribution in [0, 0.1) is 0 Å². The van der Waals surface area contributed by atoms with Crippen LogP contribution in [-0.4, -0.2) is 51.1 Å². The van der Waals surface area contributed by atoms with Crippen molar-refractivity contribution < 1.29 is 9.53 Å². The molecule has 2 heterocycles. The fourth-order valence-electron chi connectivity index (χ4n) is 1.79. The Hall–Kier alpha value is -1.15. The minimum absolute atomic E-state index is 0.0355. The fourth-order valence-corrected chi connectivity index (χ4v) is 2.65. The molecule has 0 saturated carbocycles. The summed E-state index contributed by atoms with van der Waals surface area (Å²) >= 11 is 1.35. The molecule has 1 aromatic heterocycles. The van der Waals surface area contributed by atoms with E-state index >= 15 is 0 Å². The second-order valence-corrected chi connectivity index (χ2v) is 5.46. The third-order valence-corrected chi connectivity index (χ3v) is 3.87. The van der Waals surface area contributed by atoms with E-state index in [0.717, 1.165) is 19.4 Å². The molecule has 1 fully saturated rings. The van der Waals surface area contributed by atoms with Gasteiger partial charge in [0.15, 0.2) is 0 Å². The normalized spacial score (nSPS) is 20.9. The molecule has 18 heavy (non-hydrogen) atoms. The van der Waals surface area contributed by atoms with Crippen LogP contribution in [0.15, 0.2) is 5.16 Å². The molecule has 1 aliphatic heterocycles. The summed E-state index contributed by atoms with van der Waals surface area (Å²) in [7, 11) is 1.62. The van der Waals surface area contributed by atoms with Gasteiger partial charge in [-0.25, -0.2) is 4.68 Å². The first-order valence-corrected chi connectivity index (χ1v) is 6.84. The summed E-state index contributed by atoms with van der Waals surface area (Å²) in [5.74, 6) is -0.0355. The summed E-state index contributed by atoms with van der Waals surface area (Å²) in [6.07, 6.45) is 2.31. The minimum atomic E-state index is -0.218. The van der Waals surface area contributed by atoms with Gasteiger partial charge >= 0.3 is 0 Å². The van der Waals surface area contributed by atoms with Gasteiger partial charge < -0.3 is 10.1 Å². The number of tetrazole rings is 1. The van der Waals surface area contributed by atoms with Crippen molar-refractivity contribution in [2.24, 2.45) is 0 Å². The summed E-state index contributed by atoms with van der Waals surface area (Å²) < 4.78 is 7.26. The van der Waals surface area contributed by atoms with E-state index in [4.69, 9.17) is 4.74 Å². The molecule has 1 aliphatic rings. The summed E-state index contributed by atoms with van der Waals surface area (Å²) in [5.41, 5.74) is 0. The standard InChI is InChI=1S/C10H17N5O2S/c1-7(9(16)11-2)18-10-12-13-14-15(10)6-8-4-3-5-17-8/h7-8H,3-6H2,1-2H3,(H,11,16)/t7-,8+/m0/s1. The van der Waals surface area contributed by atoms with E-state index in [2.05, 4.69) is 20.8 Å². The first-order chi connectivity index (χ1) is 8.70. The first-order valence-electron chi connectivity index (χ1n) is 5.96. The molecule has 1 aromatic rings. The minimum Gasteiger partial charge on any atom is -0.376 e. The van der Waals surface area contributed by atoms with Crippen molar-refractivity contribution >= 4 is 17.7 Å². The highest BCUT2D eigenvalue weighted by Crippen LogP contribution is 2.22. The Morgan fingerprint density at radius 3 is 3.22 bits per heavy atom. The summed E-state index contributed by atoms with van der Waals surface area (Å²) in [5, 5.41) is 14.6. The fraction of sp³-hybridized carbons (Fsp3) is 0.800. The molecular weight excluding hydrogens is 254 g/mol. The van der Waals surface area contributed by atoms with Gasteiger partial charge in [-0.3, -0.25) is 4.79 Å². The quantitative estimate of drug-likeness (QED) is 0.764. The van der Waals surface area contributed by atoms with Crippen LogP contribution in [0.4, 0.5) is 0 Å². The molecule has 0 bridgehead atoms. The zero-order valence-electron chi connectivity index (χ0n) is 10.5. The van der Waals surface area contributed by atoms with Crippen molar-refractivity contribution in [3.05, 3.63) is 0 Å². The summed E-state index contributed by atoms with van der Waals surface area (Å²) in [4.78, 5) is 11.5. The van der Waals surface area contributed by atoms with E-state index in [9.17, 15) is 4.79 Å². The van der Waals surface area contributed by atoms with E-state index in [1.165, 1.54) is 11.8 Å². The van der Waals surface area contributed by atoms with E-state index in [0.29, 0.717) is 11.7 Å². The van der Waals surface area contributed by atoms with Crippen molar-refractivity contribution in [3.8, 4) is 0 Å². The Kier molecular flexibility index (Phi) is 4.54. The van der Waals surface area contributed by atoms with Gasteiger partial charge in [-0.15, -0.1) is 5.10 Å². The van der Waals surface area contributed by atoms with E-state index < -0.39 is 0 Å². The number of nitrogens with one attached hydrogen (secondary N) is 1. The van der Waals surface area contributed by atoms with Gasteiger partial charge in [-0.05, 0) is 30.2 Å². The maximum atomic E-state index is 11.5. The van der Waals surface area contributed by atoms with Crippen LogP contribution in [-0.2, 0) is 16.1 Å². The van der Waals surface area contributed by atoms with Crippen LogP contribution in [0.3, 0.4) is 0 Å². The molecule has 2 atom stereocenters. The number of hydrogen-bond donors (Lipinski definition) is 1.